The number of amides is 1. The number of aliphatic hydroxyl groups is 1. The second kappa shape index (κ2) is 6.65. The number of hydrogen-bond acceptors (Lipinski definition) is 4. The largest absolute Gasteiger partial charge is 0.387 e. The molecule has 1 N–H and O–H groups in total. The molecule has 5 nitrogen and oxygen atoms in total. The van der Waals surface area contributed by atoms with E-state index in [0.717, 1.165) is 12.8 Å². The number of aliphatic hydroxyl groups excluding tert-OH is 1. The Morgan fingerprint density at radius 1 is 1.33 bits per heavy atom. The minimum Gasteiger partial charge on any atom is -0.387 e. The predicted octanol–water partition coefficient (Wildman–Crippen LogP) is 2.57. The summed E-state index contributed by atoms with van der Waals surface area (Å²) in [6, 6.07) is 5.82. The summed E-state index contributed by atoms with van der Waals surface area (Å²) in [7, 11) is 0. The average molecular weight is 329 g/mol. The molecule has 1 atom stereocenters. The Labute approximate surface area is 140 Å². The van der Waals surface area contributed by atoms with E-state index in [-0.39, 0.29) is 24.3 Å². The van der Waals surface area contributed by atoms with Crippen molar-refractivity contribution in [3.63, 3.8) is 0 Å². The Morgan fingerprint density at radius 3 is 2.58 bits per heavy atom. The van der Waals surface area contributed by atoms with Crippen LogP contribution >= 0.6 is 0 Å². The first-order valence-electron chi connectivity index (χ1n) is 8.00. The van der Waals surface area contributed by atoms with Crippen LogP contribution in [0.2, 0.25) is 0 Å². The van der Waals surface area contributed by atoms with Crippen molar-refractivity contribution in [2.45, 2.75) is 38.8 Å². The Bertz CT molecular complexity index is 744. The summed E-state index contributed by atoms with van der Waals surface area (Å²) in [5.41, 5.74) is 1.68. The van der Waals surface area contributed by atoms with Gasteiger partial charge in [0.2, 0.25) is 0 Å². The summed E-state index contributed by atoms with van der Waals surface area (Å²) in [4.78, 5) is 22.9. The van der Waals surface area contributed by atoms with E-state index in [0.29, 0.717) is 22.6 Å². The minimum atomic E-state index is -0.859. The van der Waals surface area contributed by atoms with Crippen LogP contribution in [0.25, 0.3) is 0 Å². The molecule has 1 unspecified atom stereocenters. The molecule has 1 fully saturated rings. The number of hydrogen-bond donors (Lipinski definition) is 1. The fraction of sp³-hybridized carbons (Fsp3) is 0.389. The van der Waals surface area contributed by atoms with Crippen LogP contribution in [0.15, 0.2) is 30.5 Å². The SMILES string of the molecule is Cc1ncc(C(=O)N(CC(O)c2ccc(F)cc2)C2CC2)c(C)n1. The highest BCUT2D eigenvalue weighted by Crippen LogP contribution is 2.30. The molecule has 1 aliphatic carbocycles. The molecule has 1 amide bonds. The van der Waals surface area contributed by atoms with Gasteiger partial charge in [-0.05, 0) is 44.4 Å². The van der Waals surface area contributed by atoms with Gasteiger partial charge in [0.1, 0.15) is 11.6 Å². The van der Waals surface area contributed by atoms with Gasteiger partial charge in [-0.25, -0.2) is 14.4 Å². The van der Waals surface area contributed by atoms with Crippen LogP contribution in [0.1, 0.15) is 46.4 Å². The van der Waals surface area contributed by atoms with Gasteiger partial charge in [0.05, 0.1) is 23.9 Å². The van der Waals surface area contributed by atoms with Crippen LogP contribution in [0.3, 0.4) is 0 Å². The molecular weight excluding hydrogens is 309 g/mol. The summed E-state index contributed by atoms with van der Waals surface area (Å²) in [5, 5.41) is 10.4. The van der Waals surface area contributed by atoms with E-state index in [1.807, 2.05) is 0 Å². The van der Waals surface area contributed by atoms with E-state index in [2.05, 4.69) is 9.97 Å². The molecule has 1 saturated carbocycles. The van der Waals surface area contributed by atoms with Gasteiger partial charge in [-0.1, -0.05) is 12.1 Å². The maximum Gasteiger partial charge on any atom is 0.257 e. The summed E-state index contributed by atoms with van der Waals surface area (Å²) in [6.07, 6.45) is 2.53. The molecule has 2 aromatic rings. The summed E-state index contributed by atoms with van der Waals surface area (Å²) in [5.74, 6) is 0.0954. The fourth-order valence-electron chi connectivity index (χ4n) is 2.71. The molecule has 24 heavy (non-hydrogen) atoms. The molecule has 6 heteroatoms. The number of rotatable bonds is 5. The molecule has 0 aliphatic heterocycles. The third-order valence-electron chi connectivity index (χ3n) is 4.20. The second-order valence-corrected chi connectivity index (χ2v) is 6.17. The normalized spacial score (nSPS) is 15.2. The first kappa shape index (κ1) is 16.5. The maximum atomic E-state index is 13.0. The Kier molecular flexibility index (Phi) is 4.57. The van der Waals surface area contributed by atoms with Gasteiger partial charge >= 0.3 is 0 Å². The van der Waals surface area contributed by atoms with Crippen LogP contribution in [0.5, 0.6) is 0 Å². The summed E-state index contributed by atoms with van der Waals surface area (Å²) in [6.45, 7) is 3.73. The van der Waals surface area contributed by atoms with Gasteiger partial charge < -0.3 is 10.0 Å². The number of benzene rings is 1. The second-order valence-electron chi connectivity index (χ2n) is 6.17. The molecule has 126 valence electrons. The van der Waals surface area contributed by atoms with Crippen molar-refractivity contribution in [2.75, 3.05) is 6.54 Å². The van der Waals surface area contributed by atoms with Crippen molar-refractivity contribution in [3.05, 3.63) is 58.9 Å². The van der Waals surface area contributed by atoms with Crippen LogP contribution < -0.4 is 0 Å². The van der Waals surface area contributed by atoms with Gasteiger partial charge in [0, 0.05) is 12.2 Å². The highest BCUT2D eigenvalue weighted by Gasteiger charge is 2.35. The first-order valence-corrected chi connectivity index (χ1v) is 8.00. The van der Waals surface area contributed by atoms with Crippen LogP contribution in [0.4, 0.5) is 4.39 Å². The number of aromatic nitrogens is 2. The average Bonchev–Trinajstić information content (AvgIpc) is 3.37. The monoisotopic (exact) mass is 329 g/mol. The molecule has 0 radical (unpaired) electrons. The Morgan fingerprint density at radius 2 is 2.00 bits per heavy atom. The summed E-state index contributed by atoms with van der Waals surface area (Å²) >= 11 is 0. The highest BCUT2D eigenvalue weighted by atomic mass is 19.1. The predicted molar refractivity (Wildman–Crippen MR) is 86.9 cm³/mol. The van der Waals surface area contributed by atoms with E-state index in [4.69, 9.17) is 0 Å². The van der Waals surface area contributed by atoms with Gasteiger partial charge in [0.25, 0.3) is 5.91 Å². The number of carbonyl (C=O) groups excluding carboxylic acids is 1. The van der Waals surface area contributed by atoms with Gasteiger partial charge in [0.15, 0.2) is 0 Å². The number of aryl methyl sites for hydroxylation is 2. The fourth-order valence-corrected chi connectivity index (χ4v) is 2.71. The maximum absolute atomic E-state index is 13.0. The third kappa shape index (κ3) is 3.59. The van der Waals surface area contributed by atoms with E-state index < -0.39 is 6.10 Å². The van der Waals surface area contributed by atoms with E-state index >= 15 is 0 Å². The number of nitrogens with zero attached hydrogens (tertiary/aromatic N) is 3. The minimum absolute atomic E-state index is 0.133. The zero-order chi connectivity index (χ0) is 17.3. The standard InChI is InChI=1S/C18H20FN3O2/c1-11-16(9-20-12(2)21-11)18(24)22(15-7-8-15)10-17(23)13-3-5-14(19)6-4-13/h3-6,9,15,17,23H,7-8,10H2,1-2H3. The molecular formula is C18H20FN3O2. The lowest BCUT2D eigenvalue weighted by molar-refractivity contribution is 0.0601. The Balaban J connectivity index is 1.79. The van der Waals surface area contributed by atoms with E-state index in [1.54, 1.807) is 24.9 Å². The zero-order valence-electron chi connectivity index (χ0n) is 13.7. The highest BCUT2D eigenvalue weighted by molar-refractivity contribution is 5.95. The molecule has 0 bridgehead atoms. The first-order chi connectivity index (χ1) is 11.5. The van der Waals surface area contributed by atoms with Gasteiger partial charge in [-0.2, -0.15) is 0 Å². The van der Waals surface area contributed by atoms with Crippen LogP contribution in [0, 0.1) is 19.7 Å². The number of carbonyl (C=O) groups is 1. The van der Waals surface area contributed by atoms with Crippen molar-refractivity contribution in [2.24, 2.45) is 0 Å². The van der Waals surface area contributed by atoms with Crippen molar-refractivity contribution in [1.82, 2.24) is 14.9 Å². The third-order valence-corrected chi connectivity index (χ3v) is 4.20. The van der Waals surface area contributed by atoms with Gasteiger partial charge in [-0.3, -0.25) is 4.79 Å². The molecule has 1 heterocycles. The molecule has 1 aromatic heterocycles. The molecule has 1 aliphatic rings. The lowest BCUT2D eigenvalue weighted by atomic mass is 10.1. The van der Waals surface area contributed by atoms with Crippen molar-refractivity contribution < 1.29 is 14.3 Å². The van der Waals surface area contributed by atoms with Crippen LogP contribution in [-0.4, -0.2) is 38.5 Å². The lowest BCUT2D eigenvalue weighted by Crippen LogP contribution is -2.37. The lowest BCUT2D eigenvalue weighted by Gasteiger charge is -2.26. The van der Waals surface area contributed by atoms with Crippen molar-refractivity contribution in [3.8, 4) is 0 Å². The van der Waals surface area contributed by atoms with Crippen molar-refractivity contribution >= 4 is 5.91 Å². The summed E-state index contributed by atoms with van der Waals surface area (Å²) < 4.78 is 13.0. The van der Waals surface area contributed by atoms with Crippen molar-refractivity contribution in [1.29, 1.82) is 0 Å². The topological polar surface area (TPSA) is 66.3 Å². The zero-order valence-corrected chi connectivity index (χ0v) is 13.7. The van der Waals surface area contributed by atoms with E-state index in [1.165, 1.54) is 24.3 Å². The smallest absolute Gasteiger partial charge is 0.257 e. The quantitative estimate of drug-likeness (QED) is 0.915. The van der Waals surface area contributed by atoms with E-state index in [9.17, 15) is 14.3 Å². The molecule has 0 spiro atoms. The van der Waals surface area contributed by atoms with Crippen LogP contribution in [-0.2, 0) is 0 Å². The Hall–Kier alpha value is -2.34. The molecule has 0 saturated heterocycles. The molecule has 1 aromatic carbocycles. The molecule has 3 rings (SSSR count). The number of halogens is 1. The van der Waals surface area contributed by atoms with Gasteiger partial charge in [-0.15, -0.1) is 0 Å².